The topological polar surface area (TPSA) is 41.5 Å². The molecule has 0 aliphatic rings. The van der Waals surface area contributed by atoms with Crippen molar-refractivity contribution < 1.29 is 18.6 Å². The fourth-order valence-electron chi connectivity index (χ4n) is 1.65. The number of alkyl halides is 2. The third-order valence-electron chi connectivity index (χ3n) is 2.79. The highest BCUT2D eigenvalue weighted by atomic mass is 35.5. The van der Waals surface area contributed by atoms with Crippen molar-refractivity contribution in [2.24, 2.45) is 5.92 Å². The van der Waals surface area contributed by atoms with Crippen molar-refractivity contribution in [1.82, 2.24) is 5.32 Å². The first-order valence-corrected chi connectivity index (χ1v) is 6.39. The van der Waals surface area contributed by atoms with Crippen LogP contribution < -0.4 is 10.1 Å². The molecule has 1 aromatic rings. The highest BCUT2D eigenvalue weighted by molar-refractivity contribution is 6.30. The number of ether oxygens (including phenoxy) is 1. The molecule has 0 radical (unpaired) electrons. The minimum Gasteiger partial charge on any atom is -0.434 e. The largest absolute Gasteiger partial charge is 0.434 e. The Balaban J connectivity index is 2.77. The van der Waals surface area contributed by atoms with Gasteiger partial charge in [0.25, 0.3) is 0 Å². The van der Waals surface area contributed by atoms with Crippen LogP contribution in [0.25, 0.3) is 0 Å². The van der Waals surface area contributed by atoms with Gasteiger partial charge in [-0.1, -0.05) is 25.4 Å². The van der Waals surface area contributed by atoms with Gasteiger partial charge in [-0.2, -0.15) is 8.78 Å². The van der Waals surface area contributed by atoms with E-state index in [0.717, 1.165) is 0 Å². The molecule has 0 saturated heterocycles. The van der Waals surface area contributed by atoms with Gasteiger partial charge >= 0.3 is 6.61 Å². The van der Waals surface area contributed by atoms with E-state index >= 15 is 0 Å². The van der Waals surface area contributed by atoms with Gasteiger partial charge in [-0.25, -0.2) is 0 Å². The van der Waals surface area contributed by atoms with E-state index < -0.39 is 6.61 Å². The highest BCUT2D eigenvalue weighted by Gasteiger charge is 2.14. The lowest BCUT2D eigenvalue weighted by molar-refractivity contribution is -0.0505. The average molecular weight is 294 g/mol. The second kappa shape index (κ2) is 7.62. The van der Waals surface area contributed by atoms with Gasteiger partial charge < -0.3 is 15.2 Å². The number of rotatable bonds is 7. The van der Waals surface area contributed by atoms with Crippen molar-refractivity contribution in [1.29, 1.82) is 0 Å². The molecule has 0 fully saturated rings. The van der Waals surface area contributed by atoms with Crippen LogP contribution in [0.15, 0.2) is 18.2 Å². The normalized spacial score (nSPS) is 13.1. The Kier molecular flexibility index (Phi) is 6.48. The smallest absolute Gasteiger partial charge is 0.387 e. The first-order chi connectivity index (χ1) is 8.93. The first-order valence-electron chi connectivity index (χ1n) is 6.01. The standard InChI is InChI=1S/C13H18ClF2NO2/c1-8(2)11(7-18)17-6-9-5-10(14)3-4-12(9)19-13(15)16/h3-5,8,11,13,17-18H,6-7H2,1-2H3. The Morgan fingerprint density at radius 2 is 2.05 bits per heavy atom. The van der Waals surface area contributed by atoms with E-state index in [-0.39, 0.29) is 24.3 Å². The molecule has 3 nitrogen and oxygen atoms in total. The molecule has 19 heavy (non-hydrogen) atoms. The van der Waals surface area contributed by atoms with E-state index in [0.29, 0.717) is 17.1 Å². The third kappa shape index (κ3) is 5.30. The van der Waals surface area contributed by atoms with E-state index in [9.17, 15) is 13.9 Å². The van der Waals surface area contributed by atoms with Crippen molar-refractivity contribution in [3.05, 3.63) is 28.8 Å². The zero-order chi connectivity index (χ0) is 14.4. The number of aliphatic hydroxyl groups excluding tert-OH is 1. The summed E-state index contributed by atoms with van der Waals surface area (Å²) in [5.41, 5.74) is 0.534. The van der Waals surface area contributed by atoms with Gasteiger partial charge in [0.05, 0.1) is 6.61 Å². The van der Waals surface area contributed by atoms with Crippen LogP contribution in [0.4, 0.5) is 8.78 Å². The Morgan fingerprint density at radius 3 is 2.58 bits per heavy atom. The number of aliphatic hydroxyl groups is 1. The van der Waals surface area contributed by atoms with Gasteiger partial charge in [0, 0.05) is 23.2 Å². The Hall–Kier alpha value is -0.910. The molecule has 1 aromatic carbocycles. The molecule has 0 heterocycles. The summed E-state index contributed by atoms with van der Waals surface area (Å²) in [4.78, 5) is 0. The van der Waals surface area contributed by atoms with E-state index in [2.05, 4.69) is 10.1 Å². The van der Waals surface area contributed by atoms with E-state index in [1.807, 2.05) is 13.8 Å². The number of nitrogens with one attached hydrogen (secondary N) is 1. The van der Waals surface area contributed by atoms with Crippen LogP contribution in [0.3, 0.4) is 0 Å². The zero-order valence-electron chi connectivity index (χ0n) is 10.9. The number of hydrogen-bond acceptors (Lipinski definition) is 3. The summed E-state index contributed by atoms with van der Waals surface area (Å²) in [5, 5.41) is 12.7. The Morgan fingerprint density at radius 1 is 1.37 bits per heavy atom. The van der Waals surface area contributed by atoms with Crippen LogP contribution in [0, 0.1) is 5.92 Å². The lowest BCUT2D eigenvalue weighted by Crippen LogP contribution is -2.36. The summed E-state index contributed by atoms with van der Waals surface area (Å²) >= 11 is 5.84. The van der Waals surface area contributed by atoms with Crippen LogP contribution >= 0.6 is 11.6 Å². The van der Waals surface area contributed by atoms with Gasteiger partial charge in [-0.05, 0) is 24.1 Å². The summed E-state index contributed by atoms with van der Waals surface area (Å²) in [5.74, 6) is 0.316. The predicted octanol–water partition coefficient (Wildman–Crippen LogP) is 3.05. The van der Waals surface area contributed by atoms with Gasteiger partial charge in [0.2, 0.25) is 0 Å². The lowest BCUT2D eigenvalue weighted by atomic mass is 10.0. The minimum atomic E-state index is -2.88. The van der Waals surface area contributed by atoms with Crippen LogP contribution in [-0.4, -0.2) is 24.4 Å². The van der Waals surface area contributed by atoms with Crippen molar-refractivity contribution >= 4 is 11.6 Å². The number of benzene rings is 1. The molecule has 0 spiro atoms. The van der Waals surface area contributed by atoms with Crippen LogP contribution in [-0.2, 0) is 6.54 Å². The molecule has 0 aliphatic carbocycles. The van der Waals surface area contributed by atoms with Crippen LogP contribution in [0.2, 0.25) is 5.02 Å². The molecule has 1 unspecified atom stereocenters. The molecule has 6 heteroatoms. The molecule has 108 valence electrons. The molecular weight excluding hydrogens is 276 g/mol. The minimum absolute atomic E-state index is 0.0245. The quantitative estimate of drug-likeness (QED) is 0.812. The molecule has 1 rings (SSSR count). The SMILES string of the molecule is CC(C)C(CO)NCc1cc(Cl)ccc1OC(F)F. The van der Waals surface area contributed by atoms with Gasteiger partial charge in [-0.3, -0.25) is 0 Å². The van der Waals surface area contributed by atoms with Gasteiger partial charge in [0.1, 0.15) is 5.75 Å². The van der Waals surface area contributed by atoms with Crippen molar-refractivity contribution in [2.75, 3.05) is 6.61 Å². The number of halogens is 3. The van der Waals surface area contributed by atoms with Crippen molar-refractivity contribution in [3.63, 3.8) is 0 Å². The third-order valence-corrected chi connectivity index (χ3v) is 3.03. The molecule has 0 bridgehead atoms. The number of hydrogen-bond donors (Lipinski definition) is 2. The molecule has 0 aliphatic heterocycles. The summed E-state index contributed by atoms with van der Waals surface area (Å²) in [6.07, 6.45) is 0. The summed E-state index contributed by atoms with van der Waals surface area (Å²) in [6, 6.07) is 4.36. The zero-order valence-corrected chi connectivity index (χ0v) is 11.6. The summed E-state index contributed by atoms with van der Waals surface area (Å²) in [7, 11) is 0. The summed E-state index contributed by atoms with van der Waals surface area (Å²) < 4.78 is 29.0. The predicted molar refractivity (Wildman–Crippen MR) is 70.6 cm³/mol. The van der Waals surface area contributed by atoms with Gasteiger partial charge in [0.15, 0.2) is 0 Å². The Bertz CT molecular complexity index is 402. The van der Waals surface area contributed by atoms with E-state index in [4.69, 9.17) is 11.6 Å². The molecule has 0 saturated carbocycles. The highest BCUT2D eigenvalue weighted by Crippen LogP contribution is 2.24. The molecule has 0 aromatic heterocycles. The lowest BCUT2D eigenvalue weighted by Gasteiger charge is -2.21. The van der Waals surface area contributed by atoms with E-state index in [1.54, 1.807) is 6.07 Å². The van der Waals surface area contributed by atoms with Crippen LogP contribution in [0.1, 0.15) is 19.4 Å². The van der Waals surface area contributed by atoms with Crippen molar-refractivity contribution in [2.45, 2.75) is 33.0 Å². The van der Waals surface area contributed by atoms with E-state index in [1.165, 1.54) is 12.1 Å². The maximum absolute atomic E-state index is 12.3. The van der Waals surface area contributed by atoms with Gasteiger partial charge in [-0.15, -0.1) is 0 Å². The molecule has 0 amide bonds. The fourth-order valence-corrected chi connectivity index (χ4v) is 1.84. The molecule has 2 N–H and O–H groups in total. The average Bonchev–Trinajstić information content (AvgIpc) is 2.32. The fraction of sp³-hybridized carbons (Fsp3) is 0.538. The second-order valence-corrected chi connectivity index (χ2v) is 4.98. The Labute approximate surface area is 116 Å². The molecule has 1 atom stereocenters. The molecular formula is C13H18ClF2NO2. The summed E-state index contributed by atoms with van der Waals surface area (Å²) in [6.45, 7) is 1.32. The van der Waals surface area contributed by atoms with Crippen LogP contribution in [0.5, 0.6) is 5.75 Å². The van der Waals surface area contributed by atoms with Crippen molar-refractivity contribution in [3.8, 4) is 5.75 Å². The first kappa shape index (κ1) is 16.1. The second-order valence-electron chi connectivity index (χ2n) is 4.54. The maximum atomic E-state index is 12.3. The maximum Gasteiger partial charge on any atom is 0.387 e. The monoisotopic (exact) mass is 293 g/mol.